The van der Waals surface area contributed by atoms with Crippen LogP contribution in [-0.2, 0) is 6.42 Å². The van der Waals surface area contributed by atoms with Gasteiger partial charge in [-0.3, -0.25) is 15.5 Å². The number of aryl methyl sites for hydroxylation is 1. The topological polar surface area (TPSA) is 115 Å². The molecule has 1 aromatic carbocycles. The maximum absolute atomic E-state index is 11.0. The smallest absolute Gasteiger partial charge is 0.270 e. The summed E-state index contributed by atoms with van der Waals surface area (Å²) >= 11 is 0. The summed E-state index contributed by atoms with van der Waals surface area (Å²) in [5.41, 5.74) is 2.88. The van der Waals surface area contributed by atoms with E-state index in [2.05, 4.69) is 10.5 Å². The second-order valence-electron chi connectivity index (χ2n) is 4.01. The number of hydrazone groups is 1. The van der Waals surface area contributed by atoms with Gasteiger partial charge in [0.1, 0.15) is 17.8 Å². The Bertz CT molecular complexity index is 594. The van der Waals surface area contributed by atoms with Crippen LogP contribution in [0.5, 0.6) is 0 Å². The van der Waals surface area contributed by atoms with E-state index in [1.807, 2.05) is 6.92 Å². The average molecular weight is 271 g/mol. The van der Waals surface area contributed by atoms with Crippen LogP contribution in [0.3, 0.4) is 0 Å². The SMILES string of the molecule is CCCCc1ccc(NN=C(C#N)C#N)c([N+](=O)[O-])c1. The molecule has 0 atom stereocenters. The van der Waals surface area contributed by atoms with Crippen LogP contribution < -0.4 is 5.43 Å². The molecule has 0 radical (unpaired) electrons. The van der Waals surface area contributed by atoms with Crippen LogP contribution >= 0.6 is 0 Å². The van der Waals surface area contributed by atoms with Crippen molar-refractivity contribution in [2.75, 3.05) is 5.43 Å². The van der Waals surface area contributed by atoms with Crippen molar-refractivity contribution in [2.45, 2.75) is 26.2 Å². The molecule has 0 aliphatic rings. The maximum Gasteiger partial charge on any atom is 0.294 e. The van der Waals surface area contributed by atoms with Gasteiger partial charge < -0.3 is 0 Å². The first-order chi connectivity index (χ1) is 9.62. The first-order valence-corrected chi connectivity index (χ1v) is 6.03. The van der Waals surface area contributed by atoms with Crippen molar-refractivity contribution in [1.82, 2.24) is 0 Å². The Labute approximate surface area is 116 Å². The fourth-order valence-electron chi connectivity index (χ4n) is 1.55. The van der Waals surface area contributed by atoms with Gasteiger partial charge in [-0.2, -0.15) is 15.6 Å². The zero-order valence-electron chi connectivity index (χ0n) is 11.0. The molecule has 0 bridgehead atoms. The van der Waals surface area contributed by atoms with E-state index >= 15 is 0 Å². The van der Waals surface area contributed by atoms with E-state index in [0.29, 0.717) is 0 Å². The van der Waals surface area contributed by atoms with E-state index in [9.17, 15) is 10.1 Å². The minimum Gasteiger partial charge on any atom is -0.270 e. The summed E-state index contributed by atoms with van der Waals surface area (Å²) in [5, 5.41) is 31.6. The number of rotatable bonds is 6. The highest BCUT2D eigenvalue weighted by Gasteiger charge is 2.14. The molecule has 0 aliphatic carbocycles. The second kappa shape index (κ2) is 7.49. The number of hydrogen-bond donors (Lipinski definition) is 1. The first kappa shape index (κ1) is 15.1. The molecular weight excluding hydrogens is 258 g/mol. The standard InChI is InChI=1S/C13H13N5O2/c1-2-3-4-10-5-6-12(13(7-10)18(19)20)17-16-11(8-14)9-15/h5-7,17H,2-4H2,1H3. The number of benzene rings is 1. The molecule has 7 nitrogen and oxygen atoms in total. The van der Waals surface area contributed by atoms with Crippen molar-refractivity contribution in [1.29, 1.82) is 10.5 Å². The summed E-state index contributed by atoms with van der Waals surface area (Å²) < 4.78 is 0. The Balaban J connectivity index is 3.03. The number of nitro benzene ring substituents is 1. The predicted octanol–water partition coefficient (Wildman–Crippen LogP) is 2.75. The average Bonchev–Trinajstić information content (AvgIpc) is 2.46. The lowest BCUT2D eigenvalue weighted by molar-refractivity contribution is -0.384. The number of nitriles is 2. The summed E-state index contributed by atoms with van der Waals surface area (Å²) in [7, 11) is 0. The Morgan fingerprint density at radius 3 is 2.70 bits per heavy atom. The van der Waals surface area contributed by atoms with Gasteiger partial charge >= 0.3 is 0 Å². The quantitative estimate of drug-likeness (QED) is 0.485. The van der Waals surface area contributed by atoms with Crippen LogP contribution in [0.25, 0.3) is 0 Å². The van der Waals surface area contributed by atoms with E-state index in [4.69, 9.17) is 10.5 Å². The third-order valence-electron chi connectivity index (χ3n) is 2.58. The van der Waals surface area contributed by atoms with Gasteiger partial charge in [0, 0.05) is 6.07 Å². The van der Waals surface area contributed by atoms with Crippen molar-refractivity contribution >= 4 is 17.1 Å². The summed E-state index contributed by atoms with van der Waals surface area (Å²) in [4.78, 5) is 10.5. The zero-order chi connectivity index (χ0) is 15.0. The van der Waals surface area contributed by atoms with E-state index < -0.39 is 10.6 Å². The monoisotopic (exact) mass is 271 g/mol. The van der Waals surface area contributed by atoms with Crippen LogP contribution in [-0.4, -0.2) is 10.6 Å². The molecule has 1 N–H and O–H groups in total. The van der Waals surface area contributed by atoms with Gasteiger partial charge in [-0.15, -0.1) is 0 Å². The summed E-state index contributed by atoms with van der Waals surface area (Å²) in [6.45, 7) is 2.05. The number of nitrogens with one attached hydrogen (secondary N) is 1. The Kier molecular flexibility index (Phi) is 5.67. The number of hydrogen-bond acceptors (Lipinski definition) is 6. The molecule has 0 unspecified atom stereocenters. The fourth-order valence-corrected chi connectivity index (χ4v) is 1.55. The van der Waals surface area contributed by atoms with Crippen LogP contribution in [0, 0.1) is 32.8 Å². The van der Waals surface area contributed by atoms with Gasteiger partial charge in [0.15, 0.2) is 0 Å². The molecule has 0 amide bonds. The lowest BCUT2D eigenvalue weighted by Crippen LogP contribution is -2.01. The summed E-state index contributed by atoms with van der Waals surface area (Å²) in [5.74, 6) is 0. The van der Waals surface area contributed by atoms with Crippen LogP contribution in [0.1, 0.15) is 25.3 Å². The molecule has 0 saturated heterocycles. The van der Waals surface area contributed by atoms with Gasteiger partial charge in [-0.1, -0.05) is 19.4 Å². The second-order valence-corrected chi connectivity index (χ2v) is 4.01. The normalized spacial score (nSPS) is 9.15. The Morgan fingerprint density at radius 2 is 2.15 bits per heavy atom. The fraction of sp³-hybridized carbons (Fsp3) is 0.308. The molecule has 102 valence electrons. The number of anilines is 1. The largest absolute Gasteiger partial charge is 0.294 e. The minimum atomic E-state index is -0.522. The number of unbranched alkanes of at least 4 members (excludes halogenated alkanes) is 1. The van der Waals surface area contributed by atoms with Gasteiger partial charge in [-0.05, 0) is 24.5 Å². The van der Waals surface area contributed by atoms with Crippen LogP contribution in [0.2, 0.25) is 0 Å². The van der Waals surface area contributed by atoms with Gasteiger partial charge in [0.05, 0.1) is 4.92 Å². The van der Waals surface area contributed by atoms with Crippen LogP contribution in [0.4, 0.5) is 11.4 Å². The highest BCUT2D eigenvalue weighted by molar-refractivity contribution is 6.10. The minimum absolute atomic E-state index is 0.127. The van der Waals surface area contributed by atoms with Gasteiger partial charge in [-0.25, -0.2) is 0 Å². The van der Waals surface area contributed by atoms with Gasteiger partial charge in [0.2, 0.25) is 5.71 Å². The zero-order valence-corrected chi connectivity index (χ0v) is 11.0. The first-order valence-electron chi connectivity index (χ1n) is 6.03. The molecule has 1 aromatic rings. The molecule has 0 aromatic heterocycles. The molecule has 0 spiro atoms. The van der Waals surface area contributed by atoms with Gasteiger partial charge in [0.25, 0.3) is 5.69 Å². The molecular formula is C13H13N5O2. The lowest BCUT2D eigenvalue weighted by atomic mass is 10.1. The highest BCUT2D eigenvalue weighted by Crippen LogP contribution is 2.26. The van der Waals surface area contributed by atoms with Crippen molar-refractivity contribution in [3.8, 4) is 12.1 Å². The molecule has 0 saturated carbocycles. The summed E-state index contributed by atoms with van der Waals surface area (Å²) in [6, 6.07) is 7.90. The number of nitrogens with zero attached hydrogens (tertiary/aromatic N) is 4. The Morgan fingerprint density at radius 1 is 1.45 bits per heavy atom. The van der Waals surface area contributed by atoms with Crippen molar-refractivity contribution < 1.29 is 4.92 Å². The van der Waals surface area contributed by atoms with Crippen molar-refractivity contribution in [3.63, 3.8) is 0 Å². The van der Waals surface area contributed by atoms with Crippen molar-refractivity contribution in [2.24, 2.45) is 5.10 Å². The third-order valence-corrected chi connectivity index (χ3v) is 2.58. The number of nitro groups is 1. The predicted molar refractivity (Wildman–Crippen MR) is 74.0 cm³/mol. The molecule has 1 rings (SSSR count). The summed E-state index contributed by atoms with van der Waals surface area (Å²) in [6.07, 6.45) is 2.73. The maximum atomic E-state index is 11.0. The molecule has 0 heterocycles. The van der Waals surface area contributed by atoms with Crippen LogP contribution in [0.15, 0.2) is 23.3 Å². The molecule has 7 heteroatoms. The van der Waals surface area contributed by atoms with E-state index in [0.717, 1.165) is 24.8 Å². The molecule has 20 heavy (non-hydrogen) atoms. The third kappa shape index (κ3) is 4.07. The van der Waals surface area contributed by atoms with E-state index in [1.165, 1.54) is 12.1 Å². The van der Waals surface area contributed by atoms with E-state index in [1.54, 1.807) is 18.2 Å². The highest BCUT2D eigenvalue weighted by atomic mass is 16.6. The molecule has 0 fully saturated rings. The van der Waals surface area contributed by atoms with Crippen molar-refractivity contribution in [3.05, 3.63) is 33.9 Å². The molecule has 0 aliphatic heterocycles. The van der Waals surface area contributed by atoms with E-state index in [-0.39, 0.29) is 11.4 Å². The Hall–Kier alpha value is -2.93. The lowest BCUT2D eigenvalue weighted by Gasteiger charge is -2.05.